The molecule has 3 heterocycles. The van der Waals surface area contributed by atoms with Crippen molar-refractivity contribution in [3.8, 4) is 6.07 Å². The predicted molar refractivity (Wildman–Crippen MR) is 74.1 cm³/mol. The zero-order chi connectivity index (χ0) is 14.8. The van der Waals surface area contributed by atoms with Gasteiger partial charge in [0.05, 0.1) is 17.9 Å². The molecule has 1 atom stereocenters. The molecule has 3 rings (SSSR count). The first-order chi connectivity index (χ1) is 10.2. The normalized spacial score (nSPS) is 28.2. The molecular weight excluding hydrogens is 271 g/mol. The minimum Gasteiger partial charge on any atom is -0.381 e. The molecular formula is C16H19FN2O2. The summed E-state index contributed by atoms with van der Waals surface area (Å²) in [5, 5.41) is 9.27. The van der Waals surface area contributed by atoms with E-state index in [4.69, 9.17) is 9.47 Å². The zero-order valence-corrected chi connectivity index (χ0v) is 12.0. The Morgan fingerprint density at radius 3 is 2.71 bits per heavy atom. The van der Waals surface area contributed by atoms with Crippen LogP contribution in [0.1, 0.15) is 37.8 Å². The summed E-state index contributed by atoms with van der Waals surface area (Å²) in [7, 11) is 0. The maximum Gasteiger partial charge on any atom is 0.141 e. The van der Waals surface area contributed by atoms with Crippen LogP contribution in [0.25, 0.3) is 0 Å². The molecule has 1 unspecified atom stereocenters. The Morgan fingerprint density at radius 1 is 1.24 bits per heavy atom. The van der Waals surface area contributed by atoms with E-state index in [1.54, 1.807) is 6.07 Å². The molecule has 0 saturated carbocycles. The smallest absolute Gasteiger partial charge is 0.141 e. The summed E-state index contributed by atoms with van der Waals surface area (Å²) >= 11 is 0. The van der Waals surface area contributed by atoms with Gasteiger partial charge >= 0.3 is 0 Å². The molecule has 1 aromatic rings. The van der Waals surface area contributed by atoms with Crippen molar-refractivity contribution in [2.24, 2.45) is 0 Å². The molecule has 2 fully saturated rings. The van der Waals surface area contributed by atoms with E-state index in [1.165, 1.54) is 12.3 Å². The van der Waals surface area contributed by atoms with Gasteiger partial charge in [0.25, 0.3) is 0 Å². The van der Waals surface area contributed by atoms with Crippen LogP contribution in [0, 0.1) is 17.1 Å². The van der Waals surface area contributed by atoms with Crippen LogP contribution in [0.2, 0.25) is 0 Å². The summed E-state index contributed by atoms with van der Waals surface area (Å²) < 4.78 is 24.6. The van der Waals surface area contributed by atoms with Crippen LogP contribution in [-0.4, -0.2) is 30.4 Å². The second-order valence-electron chi connectivity index (χ2n) is 6.05. The topological polar surface area (TPSA) is 55.1 Å². The standard InChI is InChI=1S/C16H19FN2O2/c17-13-1-2-14(19-11-13)15(3-7-18)4-10-21-16(12-15)5-8-20-9-6-16/h1-2,11H,3-6,8-10,12H2. The summed E-state index contributed by atoms with van der Waals surface area (Å²) in [6.07, 6.45) is 4.83. The minimum absolute atomic E-state index is 0.219. The lowest BCUT2D eigenvalue weighted by atomic mass is 9.67. The molecule has 0 bridgehead atoms. The Hall–Kier alpha value is -1.51. The van der Waals surface area contributed by atoms with Gasteiger partial charge in [0.1, 0.15) is 5.82 Å². The maximum atomic E-state index is 13.1. The molecule has 0 radical (unpaired) electrons. The molecule has 0 amide bonds. The van der Waals surface area contributed by atoms with Gasteiger partial charge in [0, 0.05) is 37.4 Å². The van der Waals surface area contributed by atoms with Crippen molar-refractivity contribution in [2.45, 2.75) is 43.1 Å². The van der Waals surface area contributed by atoms with Crippen molar-refractivity contribution in [2.75, 3.05) is 19.8 Å². The SMILES string of the molecule is N#CCC1(c2ccc(F)cn2)CCOC2(CCOCC2)C1. The quantitative estimate of drug-likeness (QED) is 0.840. The van der Waals surface area contributed by atoms with Crippen LogP contribution in [0.4, 0.5) is 4.39 Å². The van der Waals surface area contributed by atoms with Gasteiger partial charge in [-0.3, -0.25) is 4.98 Å². The Labute approximate surface area is 123 Å². The molecule has 0 N–H and O–H groups in total. The minimum atomic E-state index is -0.348. The van der Waals surface area contributed by atoms with Crippen LogP contribution in [0.3, 0.4) is 0 Å². The van der Waals surface area contributed by atoms with E-state index >= 15 is 0 Å². The number of rotatable bonds is 2. The predicted octanol–water partition coefficient (Wildman–Crippen LogP) is 2.73. The number of nitrogens with zero attached hydrogens (tertiary/aromatic N) is 2. The van der Waals surface area contributed by atoms with Crippen molar-refractivity contribution >= 4 is 0 Å². The first kappa shape index (κ1) is 14.4. The molecule has 0 aliphatic carbocycles. The molecule has 5 heteroatoms. The lowest BCUT2D eigenvalue weighted by molar-refractivity contribution is -0.153. The molecule has 2 aliphatic heterocycles. The van der Waals surface area contributed by atoms with E-state index in [9.17, 15) is 9.65 Å². The summed E-state index contributed by atoms with van der Waals surface area (Å²) in [6, 6.07) is 5.43. The number of hydrogen-bond donors (Lipinski definition) is 0. The highest BCUT2D eigenvalue weighted by Gasteiger charge is 2.48. The van der Waals surface area contributed by atoms with Crippen LogP contribution in [0.5, 0.6) is 0 Å². The molecule has 21 heavy (non-hydrogen) atoms. The monoisotopic (exact) mass is 290 g/mol. The average molecular weight is 290 g/mol. The number of pyridine rings is 1. The van der Waals surface area contributed by atoms with Gasteiger partial charge in [-0.05, 0) is 37.8 Å². The van der Waals surface area contributed by atoms with Crippen molar-refractivity contribution in [3.05, 3.63) is 29.8 Å². The highest BCUT2D eigenvalue weighted by atomic mass is 19.1. The van der Waals surface area contributed by atoms with Gasteiger partial charge in [-0.25, -0.2) is 4.39 Å². The number of ether oxygens (including phenoxy) is 2. The molecule has 2 saturated heterocycles. The third-order valence-electron chi connectivity index (χ3n) is 4.74. The van der Waals surface area contributed by atoms with E-state index in [0.717, 1.165) is 31.4 Å². The van der Waals surface area contributed by atoms with Gasteiger partial charge in [-0.15, -0.1) is 0 Å². The average Bonchev–Trinajstić information content (AvgIpc) is 2.49. The second kappa shape index (κ2) is 5.70. The fraction of sp³-hybridized carbons (Fsp3) is 0.625. The third kappa shape index (κ3) is 2.78. The Balaban J connectivity index is 1.93. The van der Waals surface area contributed by atoms with E-state index < -0.39 is 0 Å². The number of aromatic nitrogens is 1. The van der Waals surface area contributed by atoms with E-state index in [2.05, 4.69) is 11.1 Å². The van der Waals surface area contributed by atoms with Gasteiger partial charge in [-0.1, -0.05) is 0 Å². The van der Waals surface area contributed by atoms with E-state index in [1.807, 2.05) is 0 Å². The van der Waals surface area contributed by atoms with Gasteiger partial charge in [-0.2, -0.15) is 5.26 Å². The molecule has 1 aromatic heterocycles. The zero-order valence-electron chi connectivity index (χ0n) is 12.0. The Kier molecular flexibility index (Phi) is 3.92. The second-order valence-corrected chi connectivity index (χ2v) is 6.05. The molecule has 2 aliphatic rings. The highest BCUT2D eigenvalue weighted by Crippen LogP contribution is 2.46. The van der Waals surface area contributed by atoms with Crippen molar-refractivity contribution in [1.82, 2.24) is 4.98 Å². The van der Waals surface area contributed by atoms with E-state index in [0.29, 0.717) is 26.2 Å². The first-order valence-electron chi connectivity index (χ1n) is 7.39. The molecule has 1 spiro atoms. The van der Waals surface area contributed by atoms with Gasteiger partial charge in [0.2, 0.25) is 0 Å². The Morgan fingerprint density at radius 2 is 2.05 bits per heavy atom. The largest absolute Gasteiger partial charge is 0.381 e. The van der Waals surface area contributed by atoms with Crippen LogP contribution < -0.4 is 0 Å². The fourth-order valence-electron chi connectivity index (χ4n) is 3.58. The van der Waals surface area contributed by atoms with E-state index in [-0.39, 0.29) is 16.8 Å². The lowest BCUT2D eigenvalue weighted by Crippen LogP contribution is -2.50. The number of halogens is 1. The van der Waals surface area contributed by atoms with Crippen molar-refractivity contribution in [3.63, 3.8) is 0 Å². The van der Waals surface area contributed by atoms with Crippen LogP contribution in [0.15, 0.2) is 18.3 Å². The summed E-state index contributed by atoms with van der Waals surface area (Å²) in [4.78, 5) is 4.26. The molecule has 4 nitrogen and oxygen atoms in total. The number of nitriles is 1. The van der Waals surface area contributed by atoms with Crippen molar-refractivity contribution in [1.29, 1.82) is 5.26 Å². The molecule has 0 aromatic carbocycles. The molecule has 112 valence electrons. The van der Waals surface area contributed by atoms with Crippen molar-refractivity contribution < 1.29 is 13.9 Å². The van der Waals surface area contributed by atoms with Crippen LogP contribution >= 0.6 is 0 Å². The summed E-state index contributed by atoms with van der Waals surface area (Å²) in [5.74, 6) is -0.348. The third-order valence-corrected chi connectivity index (χ3v) is 4.74. The van der Waals surface area contributed by atoms with Crippen LogP contribution in [-0.2, 0) is 14.9 Å². The number of hydrogen-bond acceptors (Lipinski definition) is 4. The summed E-state index contributed by atoms with van der Waals surface area (Å²) in [5.41, 5.74) is 0.251. The first-order valence-corrected chi connectivity index (χ1v) is 7.39. The van der Waals surface area contributed by atoms with Gasteiger partial charge in [0.15, 0.2) is 0 Å². The van der Waals surface area contributed by atoms with Gasteiger partial charge < -0.3 is 9.47 Å². The summed E-state index contributed by atoms with van der Waals surface area (Å²) in [6.45, 7) is 2.00. The Bertz CT molecular complexity index is 529. The maximum absolute atomic E-state index is 13.1. The highest BCUT2D eigenvalue weighted by molar-refractivity contribution is 5.22. The fourth-order valence-corrected chi connectivity index (χ4v) is 3.58. The lowest BCUT2D eigenvalue weighted by Gasteiger charge is -2.48.